The molecule has 3 N–H and O–H groups in total. The van der Waals surface area contributed by atoms with Crippen LogP contribution in [0, 0.1) is 28.6 Å². The SMILES string of the molecule is C=C1[C@@H](O)C[C@H]2C(C)(C)[C@@H](Cl)[C@H](Cl)C[C@@]2(C)[C@H]1C[C@H](O)[C@H]1CC(=O)NC1=O. The Bertz CT molecular complexity index is 666. The summed E-state index contributed by atoms with van der Waals surface area (Å²) >= 11 is 13.3. The lowest BCUT2D eigenvalue weighted by molar-refractivity contribution is -0.128. The highest BCUT2D eigenvalue weighted by Crippen LogP contribution is 2.63. The molecular formula is C20H29Cl2NO4. The van der Waals surface area contributed by atoms with Gasteiger partial charge in [-0.3, -0.25) is 14.9 Å². The number of aliphatic hydroxyl groups is 2. The maximum atomic E-state index is 12.0. The first-order valence-corrected chi connectivity index (χ1v) is 10.4. The van der Waals surface area contributed by atoms with E-state index in [9.17, 15) is 19.8 Å². The first kappa shape index (κ1) is 21.1. The molecular weight excluding hydrogens is 389 g/mol. The molecule has 3 rings (SSSR count). The molecule has 3 fully saturated rings. The number of alkyl halides is 2. The fourth-order valence-electron chi connectivity index (χ4n) is 5.87. The van der Waals surface area contributed by atoms with E-state index >= 15 is 0 Å². The number of fused-ring (bicyclic) bond motifs is 1. The Hall–Kier alpha value is -0.620. The summed E-state index contributed by atoms with van der Waals surface area (Å²) in [5.74, 6) is -1.67. The third-order valence-corrected chi connectivity index (χ3v) is 8.84. The van der Waals surface area contributed by atoms with Crippen molar-refractivity contribution in [2.24, 2.45) is 28.6 Å². The van der Waals surface area contributed by atoms with Crippen molar-refractivity contribution in [3.05, 3.63) is 12.2 Å². The van der Waals surface area contributed by atoms with Crippen LogP contribution >= 0.6 is 23.2 Å². The zero-order valence-corrected chi connectivity index (χ0v) is 17.6. The monoisotopic (exact) mass is 417 g/mol. The zero-order valence-electron chi connectivity index (χ0n) is 16.0. The van der Waals surface area contributed by atoms with Gasteiger partial charge in [-0.25, -0.2) is 0 Å². The maximum Gasteiger partial charge on any atom is 0.232 e. The lowest BCUT2D eigenvalue weighted by Gasteiger charge is -2.61. The summed E-state index contributed by atoms with van der Waals surface area (Å²) in [5.41, 5.74) is 0.0646. The average molecular weight is 418 g/mol. The van der Waals surface area contributed by atoms with Crippen LogP contribution in [0.2, 0.25) is 0 Å². The lowest BCUT2D eigenvalue weighted by atomic mass is 9.46. The molecule has 1 heterocycles. The van der Waals surface area contributed by atoms with Crippen molar-refractivity contribution in [3.8, 4) is 0 Å². The van der Waals surface area contributed by atoms with Crippen LogP contribution in [-0.2, 0) is 9.59 Å². The van der Waals surface area contributed by atoms with E-state index in [-0.39, 0.29) is 52.2 Å². The summed E-state index contributed by atoms with van der Waals surface area (Å²) in [6.07, 6.45) is -0.197. The Kier molecular flexibility index (Phi) is 5.48. The minimum atomic E-state index is -0.980. The number of hydrogen-bond acceptors (Lipinski definition) is 4. The summed E-state index contributed by atoms with van der Waals surface area (Å²) in [6.45, 7) is 10.4. The van der Waals surface area contributed by atoms with Gasteiger partial charge in [0.15, 0.2) is 0 Å². The van der Waals surface area contributed by atoms with E-state index < -0.39 is 24.0 Å². The van der Waals surface area contributed by atoms with E-state index in [0.29, 0.717) is 18.4 Å². The number of halogens is 2. The number of carbonyl (C=O) groups is 2. The second kappa shape index (κ2) is 7.01. The maximum absolute atomic E-state index is 12.0. The van der Waals surface area contributed by atoms with Crippen LogP contribution in [0.15, 0.2) is 12.2 Å². The van der Waals surface area contributed by atoms with E-state index in [1.807, 2.05) is 0 Å². The molecule has 7 heteroatoms. The highest BCUT2D eigenvalue weighted by Gasteiger charge is 2.60. The first-order chi connectivity index (χ1) is 12.4. The Morgan fingerprint density at radius 3 is 2.48 bits per heavy atom. The fourth-order valence-corrected chi connectivity index (χ4v) is 6.77. The number of nitrogens with one attached hydrogen (secondary N) is 1. The van der Waals surface area contributed by atoms with Crippen molar-refractivity contribution in [1.82, 2.24) is 5.32 Å². The number of carbonyl (C=O) groups excluding carboxylic acids is 2. The van der Waals surface area contributed by atoms with E-state index in [1.54, 1.807) is 0 Å². The van der Waals surface area contributed by atoms with Gasteiger partial charge >= 0.3 is 0 Å². The van der Waals surface area contributed by atoms with Crippen LogP contribution in [0.4, 0.5) is 0 Å². The van der Waals surface area contributed by atoms with Crippen molar-refractivity contribution in [2.45, 2.75) is 69.4 Å². The number of amides is 2. The minimum Gasteiger partial charge on any atom is -0.392 e. The van der Waals surface area contributed by atoms with Crippen molar-refractivity contribution >= 4 is 35.0 Å². The van der Waals surface area contributed by atoms with Gasteiger partial charge in [-0.1, -0.05) is 27.4 Å². The van der Waals surface area contributed by atoms with Crippen molar-refractivity contribution < 1.29 is 19.8 Å². The highest BCUT2D eigenvalue weighted by molar-refractivity contribution is 6.30. The Labute approximate surface area is 170 Å². The van der Waals surface area contributed by atoms with Gasteiger partial charge in [0.25, 0.3) is 0 Å². The standard InChI is InChI=1S/C20H29Cl2NO4/c1-9-11(6-14(25)10-5-16(26)23-18(10)27)20(4)8-12(21)17(22)19(2,3)15(20)7-13(9)24/h10-15,17,24-25H,1,5-8H2,2-4H3,(H,23,26,27)/t10-,11+,12-,13+,14+,15+,17+,20+/m1/s1. The summed E-state index contributed by atoms with van der Waals surface area (Å²) in [6, 6.07) is 0. The van der Waals surface area contributed by atoms with Crippen LogP contribution in [0.5, 0.6) is 0 Å². The number of hydrogen-bond donors (Lipinski definition) is 3. The molecule has 1 aliphatic heterocycles. The average Bonchev–Trinajstić information content (AvgIpc) is 2.91. The van der Waals surface area contributed by atoms with Gasteiger partial charge in [-0.2, -0.15) is 0 Å². The predicted octanol–water partition coefficient (Wildman–Crippen LogP) is 2.60. The topological polar surface area (TPSA) is 86.6 Å². The van der Waals surface area contributed by atoms with Gasteiger partial charge in [0.05, 0.1) is 28.9 Å². The molecule has 0 aromatic heterocycles. The molecule has 1 saturated heterocycles. The molecule has 0 aromatic rings. The molecule has 0 bridgehead atoms. The number of aliphatic hydroxyl groups excluding tert-OH is 2. The second-order valence-electron chi connectivity index (χ2n) is 9.41. The Morgan fingerprint density at radius 2 is 1.93 bits per heavy atom. The van der Waals surface area contributed by atoms with Crippen LogP contribution in [0.25, 0.3) is 0 Å². The van der Waals surface area contributed by atoms with Crippen LogP contribution < -0.4 is 5.32 Å². The molecule has 0 aromatic carbocycles. The molecule has 5 nitrogen and oxygen atoms in total. The number of rotatable bonds is 3. The van der Waals surface area contributed by atoms with Gasteiger partial charge in [-0.05, 0) is 47.5 Å². The Balaban J connectivity index is 1.91. The molecule has 2 aliphatic carbocycles. The molecule has 27 heavy (non-hydrogen) atoms. The van der Waals surface area contributed by atoms with E-state index in [1.165, 1.54) is 0 Å². The highest BCUT2D eigenvalue weighted by atomic mass is 35.5. The van der Waals surface area contributed by atoms with E-state index in [2.05, 4.69) is 32.7 Å². The molecule has 3 aliphatic rings. The smallest absolute Gasteiger partial charge is 0.232 e. The van der Waals surface area contributed by atoms with Gasteiger partial charge < -0.3 is 10.2 Å². The van der Waals surface area contributed by atoms with Crippen molar-refractivity contribution in [2.75, 3.05) is 0 Å². The summed E-state index contributed by atoms with van der Waals surface area (Å²) in [4.78, 5) is 23.5. The van der Waals surface area contributed by atoms with Crippen LogP contribution in [0.3, 0.4) is 0 Å². The van der Waals surface area contributed by atoms with Crippen molar-refractivity contribution in [1.29, 1.82) is 0 Å². The quantitative estimate of drug-likeness (QED) is 0.374. The Morgan fingerprint density at radius 1 is 1.30 bits per heavy atom. The summed E-state index contributed by atoms with van der Waals surface area (Å²) in [7, 11) is 0. The lowest BCUT2D eigenvalue weighted by Crippen LogP contribution is -2.59. The third-order valence-electron chi connectivity index (χ3n) is 7.43. The predicted molar refractivity (Wildman–Crippen MR) is 104 cm³/mol. The molecule has 0 spiro atoms. The molecule has 2 amide bonds. The summed E-state index contributed by atoms with van der Waals surface area (Å²) < 4.78 is 0. The molecule has 0 unspecified atom stereocenters. The largest absolute Gasteiger partial charge is 0.392 e. The van der Waals surface area contributed by atoms with Crippen molar-refractivity contribution in [3.63, 3.8) is 0 Å². The molecule has 152 valence electrons. The molecule has 8 atom stereocenters. The van der Waals surface area contributed by atoms with Gasteiger partial charge in [0, 0.05) is 6.42 Å². The minimum absolute atomic E-state index is 0.00469. The van der Waals surface area contributed by atoms with Crippen LogP contribution in [0.1, 0.15) is 46.5 Å². The molecule has 0 radical (unpaired) electrons. The first-order valence-electron chi connectivity index (χ1n) is 9.56. The normalized spacial score (nSPS) is 45.4. The second-order valence-corrected chi connectivity index (χ2v) is 10.4. The van der Waals surface area contributed by atoms with E-state index in [4.69, 9.17) is 23.2 Å². The summed E-state index contributed by atoms with van der Waals surface area (Å²) in [5, 5.41) is 23.2. The number of imide groups is 1. The van der Waals surface area contributed by atoms with Gasteiger partial charge in [0.1, 0.15) is 0 Å². The van der Waals surface area contributed by atoms with E-state index in [0.717, 1.165) is 0 Å². The van der Waals surface area contributed by atoms with Gasteiger partial charge in [-0.15, -0.1) is 23.2 Å². The molecule has 2 saturated carbocycles. The van der Waals surface area contributed by atoms with Gasteiger partial charge in [0.2, 0.25) is 11.8 Å². The fraction of sp³-hybridized carbons (Fsp3) is 0.800. The van der Waals surface area contributed by atoms with Crippen LogP contribution in [-0.4, -0.2) is 45.0 Å². The zero-order chi connectivity index (χ0) is 20.3. The third kappa shape index (κ3) is 3.35.